The molecule has 0 aromatic carbocycles. The molecule has 0 aromatic rings. The highest BCUT2D eigenvalue weighted by molar-refractivity contribution is 4.90. The molecule has 1 aliphatic carbocycles. The molecule has 2 atom stereocenters. The molecule has 2 heterocycles. The number of fused-ring (bicyclic) bond motifs is 1. The Kier molecular flexibility index (Phi) is 2.98. The zero-order chi connectivity index (χ0) is 10.1. The quantitative estimate of drug-likeness (QED) is 0.745. The molecule has 1 saturated carbocycles. The van der Waals surface area contributed by atoms with E-state index in [0.717, 1.165) is 17.9 Å². The van der Waals surface area contributed by atoms with Crippen molar-refractivity contribution in [2.45, 2.75) is 44.6 Å². The third-order valence-corrected chi connectivity index (χ3v) is 4.73. The van der Waals surface area contributed by atoms with Crippen LogP contribution in [0.5, 0.6) is 0 Å². The molecule has 0 bridgehead atoms. The molecule has 86 valence electrons. The number of piperidine rings is 1. The first-order valence-corrected chi connectivity index (χ1v) is 6.87. The Balaban J connectivity index is 1.50. The van der Waals surface area contributed by atoms with Gasteiger partial charge in [0.2, 0.25) is 0 Å². The number of hydrogen-bond donors (Lipinski definition) is 1. The fraction of sp³-hybridized carbons (Fsp3) is 1.00. The zero-order valence-electron chi connectivity index (χ0n) is 9.75. The van der Waals surface area contributed by atoms with Crippen LogP contribution >= 0.6 is 0 Å². The minimum atomic E-state index is 0.866. The zero-order valence-corrected chi connectivity index (χ0v) is 9.75. The van der Waals surface area contributed by atoms with Gasteiger partial charge in [-0.2, -0.15) is 0 Å². The highest BCUT2D eigenvalue weighted by Crippen LogP contribution is 2.29. The third-order valence-electron chi connectivity index (χ3n) is 4.73. The van der Waals surface area contributed by atoms with E-state index in [2.05, 4.69) is 10.2 Å². The van der Waals surface area contributed by atoms with Gasteiger partial charge in [0, 0.05) is 19.1 Å². The van der Waals surface area contributed by atoms with E-state index in [1.165, 1.54) is 64.7 Å². The Bertz CT molecular complexity index is 209. The summed E-state index contributed by atoms with van der Waals surface area (Å²) in [5, 5.41) is 3.65. The van der Waals surface area contributed by atoms with Crippen molar-refractivity contribution < 1.29 is 0 Å². The predicted molar refractivity (Wildman–Crippen MR) is 62.9 cm³/mol. The van der Waals surface area contributed by atoms with Crippen molar-refractivity contribution in [3.05, 3.63) is 0 Å². The van der Waals surface area contributed by atoms with Gasteiger partial charge in [0.25, 0.3) is 0 Å². The molecule has 1 N–H and O–H groups in total. The summed E-state index contributed by atoms with van der Waals surface area (Å²) < 4.78 is 0. The van der Waals surface area contributed by atoms with Gasteiger partial charge in [0.05, 0.1) is 0 Å². The van der Waals surface area contributed by atoms with Crippen LogP contribution in [0.2, 0.25) is 0 Å². The van der Waals surface area contributed by atoms with Gasteiger partial charge in [0.15, 0.2) is 0 Å². The highest BCUT2D eigenvalue weighted by atomic mass is 15.2. The lowest BCUT2D eigenvalue weighted by Gasteiger charge is -2.36. The van der Waals surface area contributed by atoms with Crippen molar-refractivity contribution in [2.24, 2.45) is 11.8 Å². The SMILES string of the molecule is C1CCC(CN2CCC3NCCC3C2)C1. The lowest BCUT2D eigenvalue weighted by molar-refractivity contribution is 0.142. The van der Waals surface area contributed by atoms with Gasteiger partial charge in [-0.3, -0.25) is 0 Å². The third kappa shape index (κ3) is 2.21. The van der Waals surface area contributed by atoms with Crippen LogP contribution in [0.4, 0.5) is 0 Å². The van der Waals surface area contributed by atoms with Gasteiger partial charge in [-0.15, -0.1) is 0 Å². The number of nitrogens with one attached hydrogen (secondary N) is 1. The summed E-state index contributed by atoms with van der Waals surface area (Å²) in [7, 11) is 0. The second kappa shape index (κ2) is 4.42. The van der Waals surface area contributed by atoms with Crippen LogP contribution in [-0.2, 0) is 0 Å². The fourth-order valence-electron chi connectivity index (χ4n) is 3.85. The molecule has 15 heavy (non-hydrogen) atoms. The van der Waals surface area contributed by atoms with Crippen molar-refractivity contribution in [3.63, 3.8) is 0 Å². The standard InChI is InChI=1S/C13H24N2/c1-2-4-11(3-1)9-15-8-6-13-12(10-15)5-7-14-13/h11-14H,1-10H2. The minimum absolute atomic E-state index is 0.866. The van der Waals surface area contributed by atoms with Crippen molar-refractivity contribution in [3.8, 4) is 0 Å². The summed E-state index contributed by atoms with van der Waals surface area (Å²) in [4.78, 5) is 2.75. The molecular weight excluding hydrogens is 184 g/mol. The monoisotopic (exact) mass is 208 g/mol. The van der Waals surface area contributed by atoms with Crippen LogP contribution in [0.1, 0.15) is 38.5 Å². The smallest absolute Gasteiger partial charge is 0.0120 e. The van der Waals surface area contributed by atoms with Crippen molar-refractivity contribution in [2.75, 3.05) is 26.2 Å². The van der Waals surface area contributed by atoms with Crippen LogP contribution in [-0.4, -0.2) is 37.1 Å². The van der Waals surface area contributed by atoms with E-state index >= 15 is 0 Å². The van der Waals surface area contributed by atoms with Gasteiger partial charge < -0.3 is 10.2 Å². The summed E-state index contributed by atoms with van der Waals surface area (Å²) >= 11 is 0. The molecule has 3 rings (SSSR count). The Morgan fingerprint density at radius 3 is 2.80 bits per heavy atom. The molecule has 2 unspecified atom stereocenters. The molecule has 2 saturated heterocycles. The molecule has 2 aliphatic heterocycles. The summed E-state index contributed by atoms with van der Waals surface area (Å²) in [5.41, 5.74) is 0. The molecule has 3 fully saturated rings. The van der Waals surface area contributed by atoms with Gasteiger partial charge in [-0.1, -0.05) is 12.8 Å². The van der Waals surface area contributed by atoms with Gasteiger partial charge >= 0.3 is 0 Å². The summed E-state index contributed by atoms with van der Waals surface area (Å²) in [6, 6.07) is 0.866. The maximum absolute atomic E-state index is 3.65. The van der Waals surface area contributed by atoms with Crippen molar-refractivity contribution >= 4 is 0 Å². The Morgan fingerprint density at radius 1 is 1.07 bits per heavy atom. The van der Waals surface area contributed by atoms with Crippen molar-refractivity contribution in [1.82, 2.24) is 10.2 Å². The molecule has 0 aromatic heterocycles. The first kappa shape index (κ1) is 10.1. The lowest BCUT2D eigenvalue weighted by atomic mass is 9.92. The number of rotatable bonds is 2. The van der Waals surface area contributed by atoms with Gasteiger partial charge in [0.1, 0.15) is 0 Å². The normalized spacial score (nSPS) is 38.4. The maximum Gasteiger partial charge on any atom is 0.0120 e. The van der Waals surface area contributed by atoms with Crippen LogP contribution in [0.3, 0.4) is 0 Å². The fourth-order valence-corrected chi connectivity index (χ4v) is 3.85. The van der Waals surface area contributed by atoms with Crippen LogP contribution in [0.15, 0.2) is 0 Å². The molecule has 2 heteroatoms. The Hall–Kier alpha value is -0.0800. The van der Waals surface area contributed by atoms with Gasteiger partial charge in [-0.05, 0) is 50.6 Å². The van der Waals surface area contributed by atoms with E-state index in [-0.39, 0.29) is 0 Å². The molecule has 2 nitrogen and oxygen atoms in total. The number of hydrogen-bond acceptors (Lipinski definition) is 2. The van der Waals surface area contributed by atoms with E-state index in [1.807, 2.05) is 0 Å². The topological polar surface area (TPSA) is 15.3 Å². The van der Waals surface area contributed by atoms with Crippen LogP contribution < -0.4 is 5.32 Å². The molecule has 3 aliphatic rings. The van der Waals surface area contributed by atoms with E-state index in [0.29, 0.717) is 0 Å². The molecule has 0 spiro atoms. The number of nitrogens with zero attached hydrogens (tertiary/aromatic N) is 1. The molecule has 0 amide bonds. The Labute approximate surface area is 93.4 Å². The van der Waals surface area contributed by atoms with Crippen LogP contribution in [0.25, 0.3) is 0 Å². The summed E-state index contributed by atoms with van der Waals surface area (Å²) in [6.45, 7) is 5.41. The highest BCUT2D eigenvalue weighted by Gasteiger charge is 2.33. The minimum Gasteiger partial charge on any atom is -0.314 e. The largest absolute Gasteiger partial charge is 0.314 e. The first-order chi connectivity index (χ1) is 7.42. The lowest BCUT2D eigenvalue weighted by Crippen LogP contribution is -2.45. The first-order valence-electron chi connectivity index (χ1n) is 6.87. The second-order valence-corrected chi connectivity index (χ2v) is 5.81. The van der Waals surface area contributed by atoms with E-state index < -0.39 is 0 Å². The molecule has 0 radical (unpaired) electrons. The Morgan fingerprint density at radius 2 is 1.93 bits per heavy atom. The van der Waals surface area contributed by atoms with E-state index in [9.17, 15) is 0 Å². The molecular formula is C13H24N2. The van der Waals surface area contributed by atoms with Crippen molar-refractivity contribution in [1.29, 1.82) is 0 Å². The van der Waals surface area contributed by atoms with Crippen LogP contribution in [0, 0.1) is 11.8 Å². The number of likely N-dealkylation sites (tertiary alicyclic amines) is 1. The second-order valence-electron chi connectivity index (χ2n) is 5.81. The summed E-state index contributed by atoms with van der Waals surface area (Å²) in [6.07, 6.45) is 8.81. The maximum atomic E-state index is 3.65. The van der Waals surface area contributed by atoms with E-state index in [4.69, 9.17) is 0 Å². The van der Waals surface area contributed by atoms with E-state index in [1.54, 1.807) is 0 Å². The average Bonchev–Trinajstić information content (AvgIpc) is 2.87. The predicted octanol–water partition coefficient (Wildman–Crippen LogP) is 1.86. The average molecular weight is 208 g/mol. The summed E-state index contributed by atoms with van der Waals surface area (Å²) in [5.74, 6) is 2.01. The van der Waals surface area contributed by atoms with Gasteiger partial charge in [-0.25, -0.2) is 0 Å².